The molecule has 0 bridgehead atoms. The van der Waals surface area contributed by atoms with Crippen LogP contribution in [0, 0.1) is 12.7 Å². The number of hydrogen-bond acceptors (Lipinski definition) is 5. The highest BCUT2D eigenvalue weighted by molar-refractivity contribution is 8.00. The van der Waals surface area contributed by atoms with Gasteiger partial charge in [-0.05, 0) is 79.2 Å². The van der Waals surface area contributed by atoms with Crippen LogP contribution in [0.15, 0.2) is 114 Å². The first-order chi connectivity index (χ1) is 20.3. The molecule has 0 radical (unpaired) electrons. The van der Waals surface area contributed by atoms with Gasteiger partial charge in [0.15, 0.2) is 0 Å². The molecule has 9 heteroatoms. The molecule has 7 nitrogen and oxygen atoms in total. The van der Waals surface area contributed by atoms with E-state index >= 15 is 0 Å². The van der Waals surface area contributed by atoms with Crippen LogP contribution in [0.2, 0.25) is 0 Å². The number of imide groups is 1. The van der Waals surface area contributed by atoms with E-state index in [9.17, 15) is 23.6 Å². The van der Waals surface area contributed by atoms with Crippen molar-refractivity contribution in [2.45, 2.75) is 23.5 Å². The first-order valence-electron chi connectivity index (χ1n) is 13.1. The molecule has 0 aromatic heterocycles. The third-order valence-corrected chi connectivity index (χ3v) is 7.69. The largest absolute Gasteiger partial charge is 0.321 e. The summed E-state index contributed by atoms with van der Waals surface area (Å²) < 4.78 is 13.3. The summed E-state index contributed by atoms with van der Waals surface area (Å²) in [7, 11) is 0. The number of nitrogens with one attached hydrogen (secondary N) is 2. The van der Waals surface area contributed by atoms with Crippen LogP contribution < -0.4 is 15.5 Å². The first-order valence-corrected chi connectivity index (χ1v) is 14.0. The van der Waals surface area contributed by atoms with Crippen LogP contribution in [-0.4, -0.2) is 28.9 Å². The molecule has 0 spiro atoms. The lowest BCUT2D eigenvalue weighted by Crippen LogP contribution is -2.31. The van der Waals surface area contributed by atoms with Gasteiger partial charge in [0, 0.05) is 22.6 Å². The number of halogens is 1. The van der Waals surface area contributed by atoms with Crippen molar-refractivity contribution in [2.24, 2.45) is 0 Å². The van der Waals surface area contributed by atoms with Crippen LogP contribution >= 0.6 is 11.8 Å². The highest BCUT2D eigenvalue weighted by Gasteiger charge is 2.40. The lowest BCUT2D eigenvalue weighted by molar-refractivity contribution is -0.121. The molecule has 5 rings (SSSR count). The molecule has 4 aromatic rings. The quantitative estimate of drug-likeness (QED) is 0.198. The lowest BCUT2D eigenvalue weighted by atomic mass is 10.1. The number of anilines is 2. The number of aryl methyl sites for hydroxylation is 1. The van der Waals surface area contributed by atoms with Crippen LogP contribution in [0.5, 0.6) is 0 Å². The van der Waals surface area contributed by atoms with Crippen LogP contribution in [0.1, 0.15) is 27.9 Å². The predicted octanol–water partition coefficient (Wildman–Crippen LogP) is 5.97. The minimum atomic E-state index is -0.625. The maximum Gasteiger partial charge on any atom is 0.272 e. The number of carbonyl (C=O) groups excluding carboxylic acids is 4. The van der Waals surface area contributed by atoms with Crippen molar-refractivity contribution in [1.29, 1.82) is 0 Å². The SMILES string of the molecule is Cc1ccc(/C=C(\NC(=O)c2ccccc2)C(=O)Nc2ccc(SC3CC(=O)N(c4ccc(F)cc4)C3=O)cc2)cc1. The molecule has 210 valence electrons. The van der Waals surface area contributed by atoms with Gasteiger partial charge >= 0.3 is 0 Å². The van der Waals surface area contributed by atoms with Gasteiger partial charge in [0.25, 0.3) is 11.8 Å². The molecule has 1 fully saturated rings. The summed E-state index contributed by atoms with van der Waals surface area (Å²) in [6.45, 7) is 1.96. The number of hydrogen-bond donors (Lipinski definition) is 2. The molecular formula is C33H26FN3O4S. The number of benzene rings is 4. The minimum absolute atomic E-state index is 0.0215. The van der Waals surface area contributed by atoms with E-state index in [0.29, 0.717) is 16.9 Å². The van der Waals surface area contributed by atoms with Crippen molar-refractivity contribution in [3.8, 4) is 0 Å². The molecule has 0 aliphatic carbocycles. The van der Waals surface area contributed by atoms with Crippen molar-refractivity contribution >= 4 is 52.8 Å². The molecule has 42 heavy (non-hydrogen) atoms. The monoisotopic (exact) mass is 579 g/mol. The zero-order valence-corrected chi connectivity index (χ0v) is 23.4. The Labute approximate surface area is 246 Å². The Hall–Kier alpha value is -5.02. The highest BCUT2D eigenvalue weighted by Crippen LogP contribution is 2.34. The fraction of sp³-hybridized carbons (Fsp3) is 0.0909. The second-order valence-corrected chi connectivity index (χ2v) is 10.9. The summed E-state index contributed by atoms with van der Waals surface area (Å²) in [6, 6.07) is 28.2. The van der Waals surface area contributed by atoms with Crippen molar-refractivity contribution in [2.75, 3.05) is 10.2 Å². The first kappa shape index (κ1) is 28.5. The Morgan fingerprint density at radius 1 is 0.881 bits per heavy atom. The molecule has 2 N–H and O–H groups in total. The normalized spacial score (nSPS) is 15.0. The Morgan fingerprint density at radius 3 is 2.21 bits per heavy atom. The smallest absolute Gasteiger partial charge is 0.272 e. The predicted molar refractivity (Wildman–Crippen MR) is 161 cm³/mol. The number of carbonyl (C=O) groups is 4. The zero-order chi connectivity index (χ0) is 29.6. The molecule has 4 aromatic carbocycles. The van der Waals surface area contributed by atoms with Crippen LogP contribution in [-0.2, 0) is 14.4 Å². The van der Waals surface area contributed by atoms with E-state index in [4.69, 9.17) is 0 Å². The standard InChI is InChI=1S/C33H26FN3O4S/c1-21-7-9-22(10-8-21)19-28(36-31(39)23-5-3-2-4-6-23)32(40)35-25-13-17-27(18-14-25)42-29-20-30(38)37(33(29)41)26-15-11-24(34)12-16-26/h2-19,29H,20H2,1H3,(H,35,40)(H,36,39)/b28-19-. The van der Waals surface area contributed by atoms with Crippen molar-refractivity contribution in [3.63, 3.8) is 0 Å². The number of thioether (sulfide) groups is 1. The Kier molecular flexibility index (Phi) is 8.59. The van der Waals surface area contributed by atoms with E-state index < -0.39 is 22.9 Å². The molecule has 1 unspecified atom stereocenters. The fourth-order valence-electron chi connectivity index (χ4n) is 4.31. The third-order valence-electron chi connectivity index (χ3n) is 6.50. The van der Waals surface area contributed by atoms with Crippen molar-refractivity contribution in [3.05, 3.63) is 131 Å². The van der Waals surface area contributed by atoms with Gasteiger partial charge in [-0.1, -0.05) is 48.0 Å². The van der Waals surface area contributed by atoms with Crippen LogP contribution in [0.4, 0.5) is 15.8 Å². The maximum atomic E-state index is 13.3. The molecule has 0 saturated carbocycles. The number of amides is 4. The van der Waals surface area contributed by atoms with Gasteiger partial charge in [-0.3, -0.25) is 19.2 Å². The van der Waals surface area contributed by atoms with E-state index in [-0.39, 0.29) is 23.9 Å². The third kappa shape index (κ3) is 6.82. The van der Waals surface area contributed by atoms with E-state index in [1.165, 1.54) is 36.0 Å². The van der Waals surface area contributed by atoms with Gasteiger partial charge in [-0.2, -0.15) is 0 Å². The molecule has 1 aliphatic heterocycles. The molecule has 1 atom stereocenters. The summed E-state index contributed by atoms with van der Waals surface area (Å²) in [6.07, 6.45) is 1.63. The fourth-order valence-corrected chi connectivity index (χ4v) is 5.36. The number of rotatable bonds is 8. The summed E-state index contributed by atoms with van der Waals surface area (Å²) in [5, 5.41) is 4.90. The molecule has 1 saturated heterocycles. The zero-order valence-electron chi connectivity index (χ0n) is 22.5. The van der Waals surface area contributed by atoms with Crippen molar-refractivity contribution in [1.82, 2.24) is 5.32 Å². The summed E-state index contributed by atoms with van der Waals surface area (Å²) in [5.74, 6) is -2.09. The van der Waals surface area contributed by atoms with Gasteiger partial charge in [0.05, 0.1) is 10.9 Å². The van der Waals surface area contributed by atoms with E-state index in [2.05, 4.69) is 10.6 Å². The second-order valence-electron chi connectivity index (χ2n) is 9.62. The number of nitrogens with zero attached hydrogens (tertiary/aromatic N) is 1. The molecule has 1 aliphatic rings. The molecule has 4 amide bonds. The van der Waals surface area contributed by atoms with Crippen LogP contribution in [0.25, 0.3) is 6.08 Å². The Balaban J connectivity index is 1.27. The topological polar surface area (TPSA) is 95.6 Å². The minimum Gasteiger partial charge on any atom is -0.321 e. The van der Waals surface area contributed by atoms with E-state index in [1.54, 1.807) is 60.7 Å². The average Bonchev–Trinajstić information content (AvgIpc) is 3.27. The van der Waals surface area contributed by atoms with Gasteiger partial charge in [-0.25, -0.2) is 9.29 Å². The van der Waals surface area contributed by atoms with E-state index in [0.717, 1.165) is 20.9 Å². The Morgan fingerprint density at radius 2 is 1.55 bits per heavy atom. The lowest BCUT2D eigenvalue weighted by Gasteiger charge is -2.15. The summed E-state index contributed by atoms with van der Waals surface area (Å²) >= 11 is 1.24. The molecule has 1 heterocycles. The van der Waals surface area contributed by atoms with Crippen molar-refractivity contribution < 1.29 is 23.6 Å². The summed E-state index contributed by atoms with van der Waals surface area (Å²) in [4.78, 5) is 53.4. The average molecular weight is 580 g/mol. The Bertz CT molecular complexity index is 1650. The van der Waals surface area contributed by atoms with Gasteiger partial charge in [-0.15, -0.1) is 11.8 Å². The highest BCUT2D eigenvalue weighted by atomic mass is 32.2. The molecular weight excluding hydrogens is 553 g/mol. The second kappa shape index (κ2) is 12.7. The van der Waals surface area contributed by atoms with Gasteiger partial charge in [0.2, 0.25) is 11.8 Å². The maximum absolute atomic E-state index is 13.3. The summed E-state index contributed by atoms with van der Waals surface area (Å²) in [5.41, 5.74) is 3.12. The van der Waals surface area contributed by atoms with E-state index in [1.807, 2.05) is 31.2 Å². The van der Waals surface area contributed by atoms with Crippen LogP contribution in [0.3, 0.4) is 0 Å². The van der Waals surface area contributed by atoms with Gasteiger partial charge in [0.1, 0.15) is 11.5 Å². The van der Waals surface area contributed by atoms with Gasteiger partial charge < -0.3 is 10.6 Å².